The first-order chi connectivity index (χ1) is 31.5. The van der Waals surface area contributed by atoms with Crippen LogP contribution < -0.4 is 0 Å². The normalized spacial score (nSPS) is 10.4. The van der Waals surface area contributed by atoms with Crippen LogP contribution in [0.15, 0.2) is 0 Å². The first-order valence-electron chi connectivity index (χ1n) is 25.3. The van der Waals surface area contributed by atoms with Gasteiger partial charge in [-0.3, -0.25) is 19.2 Å². The Morgan fingerprint density at radius 1 is 0.292 bits per heavy atom. The number of rotatable bonds is 40. The lowest BCUT2D eigenvalue weighted by molar-refractivity contribution is -0.133. The third kappa shape index (κ3) is 67.5. The van der Waals surface area contributed by atoms with E-state index in [1.807, 2.05) is 0 Å². The molecule has 0 aliphatic rings. The van der Waals surface area contributed by atoms with Crippen molar-refractivity contribution in [1.82, 2.24) is 0 Å². The van der Waals surface area contributed by atoms with Crippen LogP contribution in [-0.4, -0.2) is 70.7 Å². The number of hydrogen-bond donors (Lipinski definition) is 8. The van der Waals surface area contributed by atoms with E-state index < -0.39 is 31.8 Å². The summed E-state index contributed by atoms with van der Waals surface area (Å²) in [4.78, 5) is 42.7. The molecule has 4 N–H and O–H groups in total. The minimum absolute atomic E-state index is 0.209. The summed E-state index contributed by atoms with van der Waals surface area (Å²) >= 11 is 13.8. The number of aliphatic hydroxyl groups is 4. The van der Waals surface area contributed by atoms with Gasteiger partial charge in [0.1, 0.15) is 0 Å². The highest BCUT2D eigenvalue weighted by Gasteiger charge is 2.26. The Kier molecular flexibility index (Phi) is 73.3. The van der Waals surface area contributed by atoms with Crippen molar-refractivity contribution >= 4 is 75.5 Å². The van der Waals surface area contributed by atoms with Gasteiger partial charge in [0.05, 0.1) is 31.8 Å². The Balaban J connectivity index is -0.000000232. The van der Waals surface area contributed by atoms with Gasteiger partial charge in [0.15, 0.2) is 0 Å². The predicted octanol–water partition coefficient (Wildman–Crippen LogP) is 13.6. The quantitative estimate of drug-likeness (QED) is 0.0126. The summed E-state index contributed by atoms with van der Waals surface area (Å²) < 4.78 is 17.1. The number of carbonyl (C=O) groups excluding carboxylic acids is 4. The molecule has 12 nitrogen and oxygen atoms in total. The second-order valence-corrected chi connectivity index (χ2v) is 17.6. The van der Waals surface area contributed by atoms with Crippen molar-refractivity contribution in [1.29, 1.82) is 0 Å². The lowest BCUT2D eigenvalue weighted by Crippen LogP contribution is -2.37. The third-order valence-corrected chi connectivity index (χ3v) is 11.5. The van der Waals surface area contributed by atoms with Gasteiger partial charge in [-0.1, -0.05) is 207 Å². The minimum atomic E-state index is -1.11. The van der Waals surface area contributed by atoms with Gasteiger partial charge in [-0.2, -0.15) is 0 Å². The zero-order valence-electron chi connectivity index (χ0n) is 41.6. The Morgan fingerprint density at radius 2 is 0.431 bits per heavy atom. The van der Waals surface area contributed by atoms with Gasteiger partial charge in [-0.25, -0.2) is 0 Å². The molecule has 392 valence electrons. The van der Waals surface area contributed by atoms with Gasteiger partial charge in [-0.15, -0.1) is 0 Å². The zero-order chi connectivity index (χ0) is 49.9. The van der Waals surface area contributed by atoms with Crippen molar-refractivity contribution in [2.45, 2.75) is 259 Å². The standard InChI is InChI=1S/4C11H22O2S.C5H12O4/c4*1-2-3-4-5-6-7-8-9-10-11(12)13-14;6-1-5(2-7,3-8)4-9/h4*14H,2-10H2,1H3;6-9H,1-4H2. The van der Waals surface area contributed by atoms with Gasteiger partial charge in [0, 0.05) is 77.3 Å². The Hall–Kier alpha value is -0.880. The molecule has 0 saturated heterocycles. The predicted molar refractivity (Wildman–Crippen MR) is 280 cm³/mol. The van der Waals surface area contributed by atoms with E-state index in [4.69, 9.17) is 20.4 Å². The molecule has 16 heteroatoms. The summed E-state index contributed by atoms with van der Waals surface area (Å²) in [5.74, 6) is -0.836. The molecule has 0 bridgehead atoms. The highest BCUT2D eigenvalue weighted by Crippen LogP contribution is 2.14. The molecule has 0 aromatic carbocycles. The van der Waals surface area contributed by atoms with Crippen molar-refractivity contribution in [2.75, 3.05) is 26.4 Å². The Morgan fingerprint density at radius 3 is 0.538 bits per heavy atom. The molecule has 0 unspecified atom stereocenters. The molecule has 0 fully saturated rings. The Bertz CT molecular complexity index is 817. The third-order valence-electron chi connectivity index (χ3n) is 10.7. The molecule has 0 aromatic rings. The van der Waals surface area contributed by atoms with Gasteiger partial charge in [0.25, 0.3) is 0 Å². The molecule has 0 heterocycles. The molecule has 0 aliphatic carbocycles. The first-order valence-corrected chi connectivity index (χ1v) is 26.7. The van der Waals surface area contributed by atoms with Crippen molar-refractivity contribution < 1.29 is 56.3 Å². The molecule has 0 radical (unpaired) electrons. The largest absolute Gasteiger partial charge is 0.396 e. The average molecular weight is 1010 g/mol. The van der Waals surface area contributed by atoms with Crippen LogP contribution >= 0.6 is 51.6 Å². The maximum Gasteiger partial charge on any atom is 0.317 e. The Labute approximate surface area is 420 Å². The zero-order valence-corrected chi connectivity index (χ0v) is 45.2. The van der Waals surface area contributed by atoms with E-state index in [2.05, 4.69) is 96.1 Å². The number of hydrogen-bond acceptors (Lipinski definition) is 16. The molecule has 0 rings (SSSR count). The molecule has 0 amide bonds. The fourth-order valence-corrected chi connectivity index (χ4v) is 6.46. The van der Waals surface area contributed by atoms with Crippen LogP contribution in [0.2, 0.25) is 0 Å². The van der Waals surface area contributed by atoms with Crippen LogP contribution in [0.3, 0.4) is 0 Å². The summed E-state index contributed by atoms with van der Waals surface area (Å²) in [5, 5.41) is 34.0. The van der Waals surface area contributed by atoms with Crippen molar-refractivity contribution in [3.8, 4) is 0 Å². The van der Waals surface area contributed by atoms with Crippen molar-refractivity contribution in [3.63, 3.8) is 0 Å². The molecular formula is C49H100O12S4. The van der Waals surface area contributed by atoms with E-state index >= 15 is 0 Å². The van der Waals surface area contributed by atoms with Gasteiger partial charge >= 0.3 is 23.9 Å². The van der Waals surface area contributed by atoms with E-state index in [0.717, 1.165) is 51.4 Å². The smallest absolute Gasteiger partial charge is 0.317 e. The monoisotopic (exact) mass is 1010 g/mol. The lowest BCUT2D eigenvalue weighted by atomic mass is 9.93. The molecule has 0 aromatic heterocycles. The van der Waals surface area contributed by atoms with E-state index in [9.17, 15) is 19.2 Å². The fraction of sp³-hybridized carbons (Fsp3) is 0.918. The summed E-state index contributed by atoms with van der Waals surface area (Å²) in [7, 11) is 0. The lowest BCUT2D eigenvalue weighted by Gasteiger charge is -2.23. The second-order valence-electron chi connectivity index (χ2n) is 16.9. The summed E-state index contributed by atoms with van der Waals surface area (Å²) in [6, 6.07) is 0. The fourth-order valence-electron chi connectivity index (χ4n) is 6.10. The van der Waals surface area contributed by atoms with E-state index in [-0.39, 0.29) is 23.9 Å². The summed E-state index contributed by atoms with van der Waals surface area (Å²) in [5.41, 5.74) is -1.11. The van der Waals surface area contributed by atoms with Gasteiger partial charge in [0.2, 0.25) is 0 Å². The van der Waals surface area contributed by atoms with E-state index in [1.54, 1.807) is 0 Å². The maximum absolute atomic E-state index is 10.7. The number of carbonyl (C=O) groups is 4. The van der Waals surface area contributed by atoms with Crippen LogP contribution in [0, 0.1) is 5.41 Å². The SMILES string of the molecule is CCCCCCCCCCC(=O)OS.CCCCCCCCCCC(=O)OS.CCCCCCCCCCC(=O)OS.CCCCCCCCCCC(=O)OS.OCC(CO)(CO)CO. The van der Waals surface area contributed by atoms with Gasteiger partial charge in [-0.05, 0) is 25.7 Å². The van der Waals surface area contributed by atoms with Crippen LogP contribution in [0.4, 0.5) is 0 Å². The highest BCUT2D eigenvalue weighted by molar-refractivity contribution is 7.76. The first kappa shape index (κ1) is 73.1. The van der Waals surface area contributed by atoms with Crippen LogP contribution in [0.5, 0.6) is 0 Å². The van der Waals surface area contributed by atoms with Gasteiger partial charge < -0.3 is 37.2 Å². The van der Waals surface area contributed by atoms with Crippen molar-refractivity contribution in [2.24, 2.45) is 5.41 Å². The topological polar surface area (TPSA) is 186 Å². The molecule has 0 spiro atoms. The maximum atomic E-state index is 10.7. The number of aliphatic hydroxyl groups excluding tert-OH is 4. The molecule has 0 aliphatic heterocycles. The number of thiol groups is 4. The second kappa shape index (κ2) is 65.2. The minimum Gasteiger partial charge on any atom is -0.396 e. The van der Waals surface area contributed by atoms with Crippen LogP contribution in [0.25, 0.3) is 0 Å². The summed E-state index contributed by atoms with van der Waals surface area (Å²) in [6.45, 7) is 7.28. The number of unbranched alkanes of at least 4 members (excludes halogenated alkanes) is 28. The molecular weight excluding hydrogens is 909 g/mol. The van der Waals surface area contributed by atoms with Crippen molar-refractivity contribution in [3.05, 3.63) is 0 Å². The average Bonchev–Trinajstić information content (AvgIpc) is 3.33. The molecule has 65 heavy (non-hydrogen) atoms. The highest BCUT2D eigenvalue weighted by atomic mass is 32.1. The summed E-state index contributed by atoms with van der Waals surface area (Å²) in [6.07, 6.45) is 41.9. The van der Waals surface area contributed by atoms with E-state index in [0.29, 0.717) is 25.7 Å². The van der Waals surface area contributed by atoms with E-state index in [1.165, 1.54) is 154 Å². The molecule has 0 saturated carbocycles. The molecule has 0 atom stereocenters. The van der Waals surface area contributed by atoms with Crippen LogP contribution in [-0.2, 0) is 35.9 Å². The van der Waals surface area contributed by atoms with Crippen LogP contribution in [0.1, 0.15) is 259 Å².